The number of anilines is 2. The van der Waals surface area contributed by atoms with E-state index in [0.29, 0.717) is 51.4 Å². The van der Waals surface area contributed by atoms with Gasteiger partial charge in [-0.2, -0.15) is 5.26 Å². The number of carbonyl (C=O) groups is 1. The number of aromatic nitrogens is 5. The molecule has 0 unspecified atom stereocenters. The number of allylic oxidation sites excluding steroid dienone is 1. The topological polar surface area (TPSA) is 198 Å². The van der Waals surface area contributed by atoms with Gasteiger partial charge < -0.3 is 24.4 Å². The van der Waals surface area contributed by atoms with Crippen molar-refractivity contribution < 1.29 is 28.4 Å². The molecule has 3 N–H and O–H groups in total. The van der Waals surface area contributed by atoms with Crippen molar-refractivity contribution in [2.24, 2.45) is 18.4 Å². The number of phosphoric acid groups is 1. The van der Waals surface area contributed by atoms with E-state index < -0.39 is 20.0 Å². The van der Waals surface area contributed by atoms with Gasteiger partial charge in [0.25, 0.3) is 5.56 Å². The fourth-order valence-electron chi connectivity index (χ4n) is 7.06. The summed E-state index contributed by atoms with van der Waals surface area (Å²) >= 11 is 6.95. The summed E-state index contributed by atoms with van der Waals surface area (Å²) in [6.45, 7) is 12.2. The molecular formula is C38H44ClN8O7P. The van der Waals surface area contributed by atoms with Crippen LogP contribution in [0.2, 0.25) is 5.02 Å². The number of aryl methyl sites for hydroxylation is 1. The first kappa shape index (κ1) is 39.8. The van der Waals surface area contributed by atoms with Gasteiger partial charge in [0.2, 0.25) is 0 Å². The molecule has 3 fully saturated rings. The summed E-state index contributed by atoms with van der Waals surface area (Å²) in [7, 11) is -3.10. The molecule has 7 rings (SSSR count). The average Bonchev–Trinajstić information content (AvgIpc) is 3.54. The fraction of sp³-hybridized carbons (Fsp3) is 0.421. The van der Waals surface area contributed by atoms with Crippen LogP contribution in [0.5, 0.6) is 0 Å². The maximum absolute atomic E-state index is 14.6. The molecule has 3 aliphatic rings. The number of nitriles is 1. The van der Waals surface area contributed by atoms with Crippen LogP contribution in [0, 0.1) is 22.7 Å². The smallest absolute Gasteiger partial charge is 0.449 e. The van der Waals surface area contributed by atoms with E-state index in [4.69, 9.17) is 26.1 Å². The summed E-state index contributed by atoms with van der Waals surface area (Å²) in [6.07, 6.45) is 10.3. The van der Waals surface area contributed by atoms with Crippen LogP contribution in [0.15, 0.2) is 54.2 Å². The molecule has 3 saturated carbocycles. The van der Waals surface area contributed by atoms with E-state index in [1.165, 1.54) is 15.7 Å². The Morgan fingerprint density at radius 2 is 2.02 bits per heavy atom. The minimum absolute atomic E-state index is 0.0366. The molecule has 290 valence electrons. The summed E-state index contributed by atoms with van der Waals surface area (Å²) in [5, 5.41) is 23.3. The van der Waals surface area contributed by atoms with Gasteiger partial charge in [-0.05, 0) is 66.9 Å². The van der Waals surface area contributed by atoms with Crippen LogP contribution in [0.4, 0.5) is 16.2 Å². The van der Waals surface area contributed by atoms with E-state index in [1.54, 1.807) is 56.7 Å². The van der Waals surface area contributed by atoms with E-state index in [2.05, 4.69) is 37.8 Å². The number of nitrogens with one attached hydrogen (secondary N) is 1. The maximum atomic E-state index is 14.6. The van der Waals surface area contributed by atoms with Gasteiger partial charge in [-0.25, -0.2) is 14.0 Å². The molecule has 15 nitrogen and oxygen atoms in total. The maximum Gasteiger partial charge on any atom is 0.469 e. The Hall–Kier alpha value is -4.84. The largest absolute Gasteiger partial charge is 0.469 e. The lowest BCUT2D eigenvalue weighted by atomic mass is 9.50. The molecule has 55 heavy (non-hydrogen) atoms. The van der Waals surface area contributed by atoms with Crippen molar-refractivity contribution in [1.29, 1.82) is 5.26 Å². The molecule has 1 atom stereocenters. The number of rotatable bonds is 14. The number of fused-ring (bicyclic) bond motifs is 1. The quantitative estimate of drug-likeness (QED) is 0.0879. The Morgan fingerprint density at radius 1 is 1.29 bits per heavy atom. The number of phosphoric ester groups is 1. The summed E-state index contributed by atoms with van der Waals surface area (Å²) < 4.78 is 24.9. The fourth-order valence-corrected chi connectivity index (χ4v) is 7.69. The van der Waals surface area contributed by atoms with E-state index >= 15 is 0 Å². The zero-order valence-corrected chi connectivity index (χ0v) is 33.0. The minimum atomic E-state index is -4.74. The molecule has 1 amide bonds. The van der Waals surface area contributed by atoms with Crippen molar-refractivity contribution in [1.82, 2.24) is 24.5 Å². The van der Waals surface area contributed by atoms with Gasteiger partial charge in [-0.3, -0.25) is 19.2 Å². The molecule has 3 aliphatic carbocycles. The number of hydrogen-bond donors (Lipinski definition) is 3. The third kappa shape index (κ3) is 8.24. The van der Waals surface area contributed by atoms with Gasteiger partial charge in [0.15, 0.2) is 0 Å². The highest BCUT2D eigenvalue weighted by Crippen LogP contribution is 2.62. The van der Waals surface area contributed by atoms with Crippen LogP contribution in [0.1, 0.15) is 81.8 Å². The Labute approximate surface area is 323 Å². The van der Waals surface area contributed by atoms with E-state index in [9.17, 15) is 19.4 Å². The number of hydrogen-bond acceptors (Lipinski definition) is 10. The molecule has 3 heterocycles. The lowest BCUT2D eigenvalue weighted by Crippen LogP contribution is -2.59. The van der Waals surface area contributed by atoms with Crippen LogP contribution in [-0.2, 0) is 26.4 Å². The first-order chi connectivity index (χ1) is 25.9. The van der Waals surface area contributed by atoms with Crippen molar-refractivity contribution in [3.63, 3.8) is 0 Å². The number of benzene rings is 1. The number of ether oxygens (including phenoxy) is 1. The molecule has 1 aromatic carbocycles. The van der Waals surface area contributed by atoms with Gasteiger partial charge in [0.05, 0.1) is 52.4 Å². The third-order valence-corrected chi connectivity index (χ3v) is 10.7. The molecule has 17 heteroatoms. The molecule has 0 saturated heterocycles. The predicted molar refractivity (Wildman–Crippen MR) is 209 cm³/mol. The van der Waals surface area contributed by atoms with Crippen molar-refractivity contribution >= 4 is 59.4 Å². The van der Waals surface area contributed by atoms with Crippen LogP contribution in [0.3, 0.4) is 0 Å². The molecule has 4 aromatic rings. The van der Waals surface area contributed by atoms with Crippen LogP contribution < -0.4 is 15.8 Å². The highest BCUT2D eigenvalue weighted by molar-refractivity contribution is 7.46. The minimum Gasteiger partial charge on any atom is -0.449 e. The Morgan fingerprint density at radius 3 is 2.64 bits per heavy atom. The monoisotopic (exact) mass is 790 g/mol. The van der Waals surface area contributed by atoms with Gasteiger partial charge >= 0.3 is 13.9 Å². The highest BCUT2D eigenvalue weighted by Gasteiger charge is 2.59. The van der Waals surface area contributed by atoms with Crippen molar-refractivity contribution in [2.75, 3.05) is 30.0 Å². The Kier molecular flexibility index (Phi) is 11.1. The predicted octanol–water partition coefficient (Wildman–Crippen LogP) is 6.95. The third-order valence-electron chi connectivity index (χ3n) is 9.93. The molecule has 3 aromatic heterocycles. The lowest BCUT2D eigenvalue weighted by molar-refractivity contribution is -0.0989. The molecule has 0 spiro atoms. The Balaban J connectivity index is 1.54. The van der Waals surface area contributed by atoms with Crippen LogP contribution >= 0.6 is 19.4 Å². The number of amides is 1. The number of nitrogens with zero attached hydrogens (tertiary/aromatic N) is 7. The molecule has 0 aliphatic heterocycles. The zero-order chi connectivity index (χ0) is 39.9. The van der Waals surface area contributed by atoms with E-state index in [-0.39, 0.29) is 52.4 Å². The normalized spacial score (nSPS) is 18.3. The standard InChI is InChI=1S/C38H44ClN8O7P/c1-7-9-28-27(10-11-45(6)35(28)48)23(2)34(31-21-46(44-43-31)38-16-24(17-38)18-38)47(36(49)53-12-8-13-54-55(50,51)52)26-14-29-32(42-22-37(3,4)5)25(19-40)20-41-33(29)30(39)15-26/h7,9-11,14-15,20-21,24,34H,2,8,12-13,16-18,22H2,1,3-6H3,(H,41,42)(H2,50,51,52)/b9-7-/t24?,34-,38?/m0/s1. The van der Waals surface area contributed by atoms with Gasteiger partial charge in [-0.1, -0.05) is 56.3 Å². The summed E-state index contributed by atoms with van der Waals surface area (Å²) in [5.41, 5.74) is 2.20. The number of pyridine rings is 2. The molecule has 0 radical (unpaired) electrons. The average molecular weight is 791 g/mol. The SMILES string of the molecule is C=C(c1ccn(C)c(=O)c1/C=C\C)[C@@H](c1cn(C23CC(C2)C3)nn1)N(C(=O)OCCCOP(=O)(O)O)c1cc(Cl)c2ncc(C#N)c(NCC(C)(C)C)c2c1. The zero-order valence-electron chi connectivity index (χ0n) is 31.3. The number of carbonyl (C=O) groups excluding carboxylic acids is 1. The summed E-state index contributed by atoms with van der Waals surface area (Å²) in [6, 6.07) is 6.05. The Bertz CT molecular complexity index is 2320. The highest BCUT2D eigenvalue weighted by atomic mass is 35.5. The van der Waals surface area contributed by atoms with Crippen LogP contribution in [0.25, 0.3) is 22.6 Å². The molecular weight excluding hydrogens is 747 g/mol. The first-order valence-electron chi connectivity index (χ1n) is 17.8. The first-order valence-corrected chi connectivity index (χ1v) is 19.7. The van der Waals surface area contributed by atoms with Crippen molar-refractivity contribution in [3.8, 4) is 6.07 Å². The van der Waals surface area contributed by atoms with Gasteiger partial charge in [0, 0.05) is 43.4 Å². The van der Waals surface area contributed by atoms with Crippen molar-refractivity contribution in [2.45, 2.75) is 65.0 Å². The van der Waals surface area contributed by atoms with E-state index in [1.807, 2.05) is 25.5 Å². The van der Waals surface area contributed by atoms with Gasteiger partial charge in [-0.15, -0.1) is 5.10 Å². The van der Waals surface area contributed by atoms with Crippen molar-refractivity contribution in [3.05, 3.63) is 87.2 Å². The lowest BCUT2D eigenvalue weighted by Gasteiger charge is -2.61. The number of halogens is 1. The van der Waals surface area contributed by atoms with Crippen LogP contribution in [-0.4, -0.2) is 60.2 Å². The molecule has 2 bridgehead atoms. The summed E-state index contributed by atoms with van der Waals surface area (Å²) in [4.78, 5) is 52.2. The van der Waals surface area contributed by atoms with E-state index in [0.717, 1.165) is 19.3 Å². The van der Waals surface area contributed by atoms with Gasteiger partial charge in [0.1, 0.15) is 17.8 Å². The second kappa shape index (κ2) is 15.4. The second-order valence-corrected chi connectivity index (χ2v) is 17.0. The second-order valence-electron chi connectivity index (χ2n) is 15.3. The summed E-state index contributed by atoms with van der Waals surface area (Å²) in [5.74, 6) is 0.649.